The van der Waals surface area contributed by atoms with Crippen LogP contribution in [-0.2, 0) is 6.42 Å². The van der Waals surface area contributed by atoms with Gasteiger partial charge >= 0.3 is 0 Å². The molecule has 0 saturated carbocycles. The van der Waals surface area contributed by atoms with Crippen LogP contribution in [0.15, 0.2) is 10.9 Å². The van der Waals surface area contributed by atoms with Crippen LogP contribution in [0.3, 0.4) is 0 Å². The minimum absolute atomic E-state index is 0.0995. The largest absolute Gasteiger partial charge is 0.294 e. The predicted octanol–water partition coefficient (Wildman–Crippen LogP) is 1.06. The molecule has 3 heteroatoms. The van der Waals surface area contributed by atoms with Crippen LogP contribution in [0.4, 0.5) is 0 Å². The van der Waals surface area contributed by atoms with Gasteiger partial charge in [-0.05, 0) is 20.3 Å². The Morgan fingerprint density at radius 3 is 3.17 bits per heavy atom. The third-order valence-electron chi connectivity index (χ3n) is 2.38. The quantitative estimate of drug-likeness (QED) is 0.574. The van der Waals surface area contributed by atoms with E-state index in [1.807, 2.05) is 6.92 Å². The van der Waals surface area contributed by atoms with E-state index < -0.39 is 0 Å². The summed E-state index contributed by atoms with van der Waals surface area (Å²) in [5.41, 5.74) is 0.933. The van der Waals surface area contributed by atoms with E-state index in [0.29, 0.717) is 6.04 Å². The molecule has 0 amide bonds. The van der Waals surface area contributed by atoms with Crippen molar-refractivity contribution in [3.8, 4) is 0 Å². The Labute approximate surface area is 71.1 Å². The SMILES string of the molecule is Cc1cc(=O)n2c(n1)CC[C@@H]2C. The fraction of sp³-hybridized carbons (Fsp3) is 0.556. The molecule has 64 valence electrons. The molecule has 0 N–H and O–H groups in total. The first-order valence-corrected chi connectivity index (χ1v) is 4.27. The average molecular weight is 164 g/mol. The summed E-state index contributed by atoms with van der Waals surface area (Å²) in [6.07, 6.45) is 1.99. The number of aryl methyl sites for hydroxylation is 2. The Bertz CT molecular complexity index is 367. The highest BCUT2D eigenvalue weighted by Crippen LogP contribution is 2.20. The van der Waals surface area contributed by atoms with Crippen LogP contribution in [-0.4, -0.2) is 9.55 Å². The van der Waals surface area contributed by atoms with Gasteiger partial charge in [-0.3, -0.25) is 9.36 Å². The Balaban J connectivity index is 2.69. The standard InChI is InChI=1S/C9H12N2O/c1-6-5-9(12)11-7(2)3-4-8(11)10-6/h5,7H,3-4H2,1-2H3/t7-/m0/s1. The molecule has 1 aromatic rings. The molecule has 2 heterocycles. The van der Waals surface area contributed by atoms with Gasteiger partial charge in [-0.2, -0.15) is 0 Å². The van der Waals surface area contributed by atoms with Crippen molar-refractivity contribution in [2.75, 3.05) is 0 Å². The maximum absolute atomic E-state index is 11.5. The molecule has 1 aliphatic heterocycles. The summed E-state index contributed by atoms with van der Waals surface area (Å²) in [7, 11) is 0. The zero-order chi connectivity index (χ0) is 8.72. The van der Waals surface area contributed by atoms with E-state index in [-0.39, 0.29) is 5.56 Å². The van der Waals surface area contributed by atoms with E-state index in [0.717, 1.165) is 24.4 Å². The highest BCUT2D eigenvalue weighted by Gasteiger charge is 2.19. The fourth-order valence-electron chi connectivity index (χ4n) is 1.78. The van der Waals surface area contributed by atoms with Crippen molar-refractivity contribution in [3.05, 3.63) is 27.9 Å². The lowest BCUT2D eigenvalue weighted by Crippen LogP contribution is -2.22. The molecule has 0 bridgehead atoms. The second-order valence-electron chi connectivity index (χ2n) is 3.41. The van der Waals surface area contributed by atoms with E-state index >= 15 is 0 Å². The van der Waals surface area contributed by atoms with Crippen molar-refractivity contribution in [2.45, 2.75) is 32.7 Å². The highest BCUT2D eigenvalue weighted by atomic mass is 16.1. The summed E-state index contributed by atoms with van der Waals surface area (Å²) in [5.74, 6) is 0.951. The average Bonchev–Trinajstić information content (AvgIpc) is 2.31. The molecule has 1 aromatic heterocycles. The zero-order valence-electron chi connectivity index (χ0n) is 7.37. The molecule has 0 radical (unpaired) electrons. The minimum atomic E-state index is 0.0995. The Hall–Kier alpha value is -1.12. The van der Waals surface area contributed by atoms with Crippen molar-refractivity contribution < 1.29 is 0 Å². The molecular weight excluding hydrogens is 152 g/mol. The molecule has 0 unspecified atom stereocenters. The molecule has 0 fully saturated rings. The fourth-order valence-corrected chi connectivity index (χ4v) is 1.78. The van der Waals surface area contributed by atoms with E-state index in [4.69, 9.17) is 0 Å². The number of fused-ring (bicyclic) bond motifs is 1. The monoisotopic (exact) mass is 164 g/mol. The molecule has 0 saturated heterocycles. The Morgan fingerprint density at radius 1 is 1.67 bits per heavy atom. The first-order valence-electron chi connectivity index (χ1n) is 4.27. The van der Waals surface area contributed by atoms with Crippen LogP contribution < -0.4 is 5.56 Å². The van der Waals surface area contributed by atoms with Gasteiger partial charge in [-0.1, -0.05) is 0 Å². The molecule has 1 atom stereocenters. The zero-order valence-corrected chi connectivity index (χ0v) is 7.37. The first kappa shape index (κ1) is 7.53. The smallest absolute Gasteiger partial charge is 0.253 e. The van der Waals surface area contributed by atoms with Gasteiger partial charge in [0, 0.05) is 24.2 Å². The summed E-state index contributed by atoms with van der Waals surface area (Å²) in [4.78, 5) is 15.8. The molecule has 0 aliphatic carbocycles. The summed E-state index contributed by atoms with van der Waals surface area (Å²) < 4.78 is 1.80. The van der Waals surface area contributed by atoms with Gasteiger partial charge in [0.1, 0.15) is 5.82 Å². The van der Waals surface area contributed by atoms with E-state index in [1.165, 1.54) is 0 Å². The van der Waals surface area contributed by atoms with Gasteiger partial charge < -0.3 is 0 Å². The lowest BCUT2D eigenvalue weighted by Gasteiger charge is -2.07. The van der Waals surface area contributed by atoms with Crippen molar-refractivity contribution in [3.63, 3.8) is 0 Å². The minimum Gasteiger partial charge on any atom is -0.294 e. The summed E-state index contributed by atoms with van der Waals surface area (Å²) in [6.45, 7) is 3.93. The van der Waals surface area contributed by atoms with Gasteiger partial charge in [0.15, 0.2) is 0 Å². The van der Waals surface area contributed by atoms with E-state index in [1.54, 1.807) is 10.6 Å². The normalized spacial score (nSPS) is 21.0. The summed E-state index contributed by atoms with van der Waals surface area (Å²) >= 11 is 0. The molecule has 2 rings (SSSR count). The molecular formula is C9H12N2O. The van der Waals surface area contributed by atoms with Crippen LogP contribution in [0.2, 0.25) is 0 Å². The number of nitrogens with zero attached hydrogens (tertiary/aromatic N) is 2. The van der Waals surface area contributed by atoms with Crippen LogP contribution in [0, 0.1) is 6.92 Å². The third-order valence-corrected chi connectivity index (χ3v) is 2.38. The van der Waals surface area contributed by atoms with Gasteiger partial charge in [0.2, 0.25) is 0 Å². The van der Waals surface area contributed by atoms with Crippen molar-refractivity contribution in [1.29, 1.82) is 0 Å². The molecule has 12 heavy (non-hydrogen) atoms. The number of hydrogen-bond donors (Lipinski definition) is 0. The predicted molar refractivity (Wildman–Crippen MR) is 46.3 cm³/mol. The van der Waals surface area contributed by atoms with Crippen molar-refractivity contribution in [1.82, 2.24) is 9.55 Å². The molecule has 1 aliphatic rings. The molecule has 3 nitrogen and oxygen atoms in total. The van der Waals surface area contributed by atoms with Gasteiger partial charge in [-0.15, -0.1) is 0 Å². The van der Waals surface area contributed by atoms with Crippen LogP contribution >= 0.6 is 0 Å². The van der Waals surface area contributed by atoms with Gasteiger partial charge in [-0.25, -0.2) is 4.98 Å². The third kappa shape index (κ3) is 0.967. The lowest BCUT2D eigenvalue weighted by atomic mass is 10.2. The number of aromatic nitrogens is 2. The second kappa shape index (κ2) is 2.44. The maximum atomic E-state index is 11.5. The highest BCUT2D eigenvalue weighted by molar-refractivity contribution is 5.07. The number of rotatable bonds is 0. The lowest BCUT2D eigenvalue weighted by molar-refractivity contribution is 0.558. The molecule has 0 aromatic carbocycles. The van der Waals surface area contributed by atoms with E-state index in [2.05, 4.69) is 11.9 Å². The van der Waals surface area contributed by atoms with E-state index in [9.17, 15) is 4.79 Å². The van der Waals surface area contributed by atoms with Crippen LogP contribution in [0.25, 0.3) is 0 Å². The Morgan fingerprint density at radius 2 is 2.42 bits per heavy atom. The molecule has 0 spiro atoms. The maximum Gasteiger partial charge on any atom is 0.253 e. The van der Waals surface area contributed by atoms with Gasteiger partial charge in [0.05, 0.1) is 0 Å². The summed E-state index contributed by atoms with van der Waals surface area (Å²) in [6, 6.07) is 1.94. The topological polar surface area (TPSA) is 34.9 Å². The first-order chi connectivity index (χ1) is 5.68. The Kier molecular flexibility index (Phi) is 1.53. The second-order valence-corrected chi connectivity index (χ2v) is 3.41. The number of hydrogen-bond acceptors (Lipinski definition) is 2. The van der Waals surface area contributed by atoms with Crippen LogP contribution in [0.1, 0.15) is 30.9 Å². The van der Waals surface area contributed by atoms with Crippen LogP contribution in [0.5, 0.6) is 0 Å². The summed E-state index contributed by atoms with van der Waals surface area (Å²) in [5, 5.41) is 0. The van der Waals surface area contributed by atoms with Crippen molar-refractivity contribution >= 4 is 0 Å². The van der Waals surface area contributed by atoms with Crippen molar-refractivity contribution in [2.24, 2.45) is 0 Å². The van der Waals surface area contributed by atoms with Gasteiger partial charge in [0.25, 0.3) is 5.56 Å².